The van der Waals surface area contributed by atoms with Crippen molar-refractivity contribution < 1.29 is 54.3 Å². The number of rotatable bonds is 5. The Labute approximate surface area is 229 Å². The van der Waals surface area contributed by atoms with Crippen LogP contribution in [0.15, 0.2) is 36.8 Å². The smallest absolute Gasteiger partial charge is 0.385 e. The van der Waals surface area contributed by atoms with Gasteiger partial charge in [-0.2, -0.15) is 26.3 Å². The number of fused-ring (bicyclic) bond motifs is 1. The molecule has 2 aliphatic rings. The number of nitrogens with two attached hydrogens (primary N) is 1. The number of nitrogens with zero attached hydrogens (tertiary/aromatic N) is 3. The molecule has 224 valence electrons. The Bertz CT molecular complexity index is 1460. The zero-order valence-corrected chi connectivity index (χ0v) is 22.4. The second-order valence-corrected chi connectivity index (χ2v) is 11.7. The minimum absolute atomic E-state index is 0.00558. The second kappa shape index (κ2) is 10.2. The first kappa shape index (κ1) is 29.7. The summed E-state index contributed by atoms with van der Waals surface area (Å²) in [7, 11) is -4.46. The summed E-state index contributed by atoms with van der Waals surface area (Å²) in [5.41, 5.74) is 1.26. The van der Waals surface area contributed by atoms with Gasteiger partial charge < -0.3 is 20.1 Å². The standard InChI is InChI=1S/C24H25F6N4O6P/c1-12-18(39-21(22(12,2)35)34-5-3-16-19(31)32-11-33-20(16)34)10-38-41(36)37-6-4-17(40-41)13-7-14(23(25,26)27)9-15(8-13)24(28,29)30/h3,5,7-9,11-12,17-18,21,35H,4,6,10H2,1-2H3,(H2,31,32,33)/t12-,17+,18-,21-,22-,41?/m1/s1. The summed E-state index contributed by atoms with van der Waals surface area (Å²) in [6.07, 6.45) is -10.7. The topological polar surface area (TPSA) is 131 Å². The molecule has 3 N–H and O–H groups in total. The van der Waals surface area contributed by atoms with Crippen molar-refractivity contribution in [1.29, 1.82) is 0 Å². The highest BCUT2D eigenvalue weighted by Gasteiger charge is 2.52. The Morgan fingerprint density at radius 1 is 1.17 bits per heavy atom. The molecule has 0 bridgehead atoms. The minimum Gasteiger partial charge on any atom is -0.385 e. The van der Waals surface area contributed by atoms with Gasteiger partial charge in [-0.25, -0.2) is 14.5 Å². The van der Waals surface area contributed by atoms with E-state index in [4.69, 9.17) is 24.0 Å². The first-order valence-corrected chi connectivity index (χ1v) is 13.8. The van der Waals surface area contributed by atoms with Crippen molar-refractivity contribution >= 4 is 24.7 Å². The number of halogens is 6. The molecule has 2 aromatic heterocycles. The van der Waals surface area contributed by atoms with E-state index in [-0.39, 0.29) is 24.9 Å². The Morgan fingerprint density at radius 2 is 1.83 bits per heavy atom. The third kappa shape index (κ3) is 5.68. The van der Waals surface area contributed by atoms with Gasteiger partial charge in [0.05, 0.1) is 41.9 Å². The average molecular weight is 610 g/mol. The Balaban J connectivity index is 1.33. The van der Waals surface area contributed by atoms with Crippen molar-refractivity contribution in [3.8, 4) is 0 Å². The van der Waals surface area contributed by atoms with E-state index in [1.54, 1.807) is 23.8 Å². The molecule has 0 radical (unpaired) electrons. The number of phosphoric ester groups is 1. The number of aliphatic hydroxyl groups is 1. The molecule has 17 heteroatoms. The Morgan fingerprint density at radius 3 is 2.46 bits per heavy atom. The van der Waals surface area contributed by atoms with Gasteiger partial charge in [-0.15, -0.1) is 0 Å². The summed E-state index contributed by atoms with van der Waals surface area (Å²) >= 11 is 0. The number of aromatic nitrogens is 3. The lowest BCUT2D eigenvalue weighted by Crippen LogP contribution is -2.38. The molecule has 4 heterocycles. The van der Waals surface area contributed by atoms with Crippen LogP contribution in [0, 0.1) is 5.92 Å². The predicted molar refractivity (Wildman–Crippen MR) is 130 cm³/mol. The zero-order chi connectivity index (χ0) is 30.0. The third-order valence-corrected chi connectivity index (χ3v) is 8.82. The Kier molecular flexibility index (Phi) is 7.40. The summed E-state index contributed by atoms with van der Waals surface area (Å²) in [4.78, 5) is 8.12. The normalized spacial score (nSPS) is 31.1. The summed E-state index contributed by atoms with van der Waals surface area (Å²) in [6, 6.07) is 2.67. The molecule has 0 saturated carbocycles. The van der Waals surface area contributed by atoms with E-state index >= 15 is 0 Å². The molecule has 2 aliphatic heterocycles. The maximum atomic E-state index is 13.3. The van der Waals surface area contributed by atoms with E-state index in [9.17, 15) is 36.0 Å². The van der Waals surface area contributed by atoms with E-state index in [2.05, 4.69) is 9.97 Å². The van der Waals surface area contributed by atoms with Crippen molar-refractivity contribution in [3.63, 3.8) is 0 Å². The van der Waals surface area contributed by atoms with Gasteiger partial charge in [0.2, 0.25) is 0 Å². The van der Waals surface area contributed by atoms with Crippen molar-refractivity contribution in [2.45, 2.75) is 56.7 Å². The molecule has 1 unspecified atom stereocenters. The van der Waals surface area contributed by atoms with Gasteiger partial charge in [-0.3, -0.25) is 13.6 Å². The molecular weight excluding hydrogens is 585 g/mol. The quantitative estimate of drug-likeness (QED) is 0.279. The summed E-state index contributed by atoms with van der Waals surface area (Å²) in [5, 5.41) is 11.8. The van der Waals surface area contributed by atoms with Gasteiger partial charge in [0.1, 0.15) is 23.4 Å². The van der Waals surface area contributed by atoms with Gasteiger partial charge in [0.15, 0.2) is 6.23 Å². The largest absolute Gasteiger partial charge is 0.475 e. The summed E-state index contributed by atoms with van der Waals surface area (Å²) in [5.74, 6) is -0.393. The second-order valence-electron chi connectivity index (χ2n) is 10.1. The number of alkyl halides is 6. The van der Waals surface area contributed by atoms with Crippen LogP contribution in [0.4, 0.5) is 32.2 Å². The van der Waals surface area contributed by atoms with Gasteiger partial charge in [-0.05, 0) is 36.8 Å². The number of hydrogen-bond acceptors (Lipinski definition) is 9. The monoisotopic (exact) mass is 610 g/mol. The van der Waals surface area contributed by atoms with Crippen molar-refractivity contribution in [1.82, 2.24) is 14.5 Å². The molecule has 0 spiro atoms. The highest BCUT2D eigenvalue weighted by Crippen LogP contribution is 2.58. The number of anilines is 1. The highest BCUT2D eigenvalue weighted by molar-refractivity contribution is 7.48. The van der Waals surface area contributed by atoms with Crippen molar-refractivity contribution in [3.05, 3.63) is 53.5 Å². The maximum absolute atomic E-state index is 13.3. The van der Waals surface area contributed by atoms with Gasteiger partial charge in [0, 0.05) is 18.5 Å². The van der Waals surface area contributed by atoms with E-state index in [0.29, 0.717) is 23.2 Å². The number of hydrogen-bond donors (Lipinski definition) is 2. The fraction of sp³-hybridized carbons (Fsp3) is 0.500. The lowest BCUT2D eigenvalue weighted by Gasteiger charge is -2.31. The van der Waals surface area contributed by atoms with Gasteiger partial charge >= 0.3 is 20.2 Å². The Hall–Kier alpha value is -2.75. The van der Waals surface area contributed by atoms with Gasteiger partial charge in [-0.1, -0.05) is 6.92 Å². The molecule has 41 heavy (non-hydrogen) atoms. The van der Waals surface area contributed by atoms with Crippen LogP contribution < -0.4 is 5.73 Å². The summed E-state index contributed by atoms with van der Waals surface area (Å²) in [6.45, 7) is 2.42. The van der Waals surface area contributed by atoms with Crippen LogP contribution >= 0.6 is 7.82 Å². The van der Waals surface area contributed by atoms with Crippen molar-refractivity contribution in [2.24, 2.45) is 5.92 Å². The van der Waals surface area contributed by atoms with Crippen LogP contribution in [0.25, 0.3) is 11.0 Å². The number of nitrogen functional groups attached to an aromatic ring is 1. The van der Waals surface area contributed by atoms with Crippen LogP contribution in [-0.4, -0.2) is 44.6 Å². The molecule has 10 nitrogen and oxygen atoms in total. The van der Waals surface area contributed by atoms with Crippen LogP contribution in [-0.2, 0) is 35.2 Å². The van der Waals surface area contributed by atoms with E-state index in [1.165, 1.54) is 13.3 Å². The van der Waals surface area contributed by atoms with Crippen LogP contribution in [0.1, 0.15) is 49.3 Å². The fourth-order valence-electron chi connectivity index (χ4n) is 4.87. The molecule has 2 saturated heterocycles. The van der Waals surface area contributed by atoms with Gasteiger partial charge in [0.25, 0.3) is 0 Å². The molecule has 2 fully saturated rings. The highest BCUT2D eigenvalue weighted by atomic mass is 31.2. The predicted octanol–water partition coefficient (Wildman–Crippen LogP) is 5.64. The SMILES string of the molecule is C[C@@H]1[C@@H](COP2(=O)OCC[C@@H](c3cc(C(F)(F)F)cc(C(F)(F)F)c3)O2)O[C@@H](n2ccc3c(N)ncnc32)[C@]1(C)O. The lowest BCUT2D eigenvalue weighted by molar-refractivity contribution is -0.143. The maximum Gasteiger partial charge on any atom is 0.475 e. The van der Waals surface area contributed by atoms with Crippen molar-refractivity contribution in [2.75, 3.05) is 18.9 Å². The molecule has 5 rings (SSSR count). The number of phosphoric acid groups is 1. The minimum atomic E-state index is -5.06. The zero-order valence-electron chi connectivity index (χ0n) is 21.5. The van der Waals surface area contributed by atoms with E-state index < -0.39 is 73.4 Å². The summed E-state index contributed by atoms with van der Waals surface area (Å²) < 4.78 is 117. The molecule has 0 amide bonds. The molecule has 3 aromatic rings. The van der Waals surface area contributed by atoms with Crippen LogP contribution in [0.3, 0.4) is 0 Å². The molecule has 6 atom stereocenters. The van der Waals surface area contributed by atoms with Crippen LogP contribution in [0.5, 0.6) is 0 Å². The first-order chi connectivity index (χ1) is 19.0. The third-order valence-electron chi connectivity index (χ3n) is 7.34. The van der Waals surface area contributed by atoms with E-state index in [0.717, 1.165) is 0 Å². The fourth-order valence-corrected chi connectivity index (χ4v) is 6.26. The van der Waals surface area contributed by atoms with Crippen LogP contribution in [0.2, 0.25) is 0 Å². The molecular formula is C24H25F6N4O6P. The average Bonchev–Trinajstić information content (AvgIpc) is 3.41. The molecule has 1 aromatic carbocycles. The first-order valence-electron chi connectivity index (χ1n) is 12.3. The molecule has 0 aliphatic carbocycles. The number of ether oxygens (including phenoxy) is 1. The van der Waals surface area contributed by atoms with E-state index in [1.807, 2.05) is 0 Å². The lowest BCUT2D eigenvalue weighted by atomic mass is 9.88. The number of benzene rings is 1.